The maximum atomic E-state index is 12.9. The zero-order valence-electron chi connectivity index (χ0n) is 15.1. The first-order valence-corrected chi connectivity index (χ1v) is 9.30. The third kappa shape index (κ3) is 3.80. The number of morpholine rings is 1. The molecule has 0 aromatic heterocycles. The Morgan fingerprint density at radius 2 is 1.70 bits per heavy atom. The van der Waals surface area contributed by atoms with Crippen LogP contribution in [-0.2, 0) is 9.53 Å². The van der Waals surface area contributed by atoms with Crippen molar-refractivity contribution >= 4 is 23.2 Å². The van der Waals surface area contributed by atoms with Crippen molar-refractivity contribution in [3.8, 4) is 0 Å². The van der Waals surface area contributed by atoms with Gasteiger partial charge in [0, 0.05) is 37.4 Å². The molecule has 1 atom stereocenters. The van der Waals surface area contributed by atoms with E-state index >= 15 is 0 Å². The highest BCUT2D eigenvalue weighted by atomic mass is 16.5. The van der Waals surface area contributed by atoms with Crippen molar-refractivity contribution in [3.63, 3.8) is 0 Å². The Morgan fingerprint density at radius 1 is 1.00 bits per heavy atom. The summed E-state index contributed by atoms with van der Waals surface area (Å²) in [5, 5.41) is 3.05. The molecule has 2 fully saturated rings. The zero-order chi connectivity index (χ0) is 18.6. The lowest BCUT2D eigenvalue weighted by Gasteiger charge is -2.30. The van der Waals surface area contributed by atoms with E-state index in [9.17, 15) is 9.59 Å². The third-order valence-electron chi connectivity index (χ3n) is 5.03. The molecule has 0 bridgehead atoms. The van der Waals surface area contributed by atoms with Gasteiger partial charge in [-0.3, -0.25) is 9.59 Å². The van der Waals surface area contributed by atoms with Crippen molar-refractivity contribution in [1.29, 1.82) is 0 Å². The molecule has 2 aliphatic heterocycles. The minimum Gasteiger partial charge on any atom is -0.378 e. The molecule has 140 valence electrons. The Morgan fingerprint density at radius 3 is 2.48 bits per heavy atom. The second kappa shape index (κ2) is 7.80. The molecule has 4 rings (SSSR count). The van der Waals surface area contributed by atoms with E-state index in [4.69, 9.17) is 4.74 Å². The fraction of sp³-hybridized carbons (Fsp3) is 0.333. The monoisotopic (exact) mass is 365 g/mol. The molecule has 27 heavy (non-hydrogen) atoms. The third-order valence-corrected chi connectivity index (χ3v) is 5.03. The van der Waals surface area contributed by atoms with Gasteiger partial charge in [-0.25, -0.2) is 0 Å². The maximum Gasteiger partial charge on any atom is 0.253 e. The van der Waals surface area contributed by atoms with Gasteiger partial charge in [-0.15, -0.1) is 0 Å². The Hall–Kier alpha value is -2.86. The van der Waals surface area contributed by atoms with E-state index in [-0.39, 0.29) is 17.9 Å². The van der Waals surface area contributed by atoms with E-state index < -0.39 is 0 Å². The van der Waals surface area contributed by atoms with Crippen LogP contribution in [0.1, 0.15) is 16.8 Å². The van der Waals surface area contributed by atoms with Crippen LogP contribution in [0.15, 0.2) is 54.6 Å². The number of rotatable bonds is 4. The Bertz CT molecular complexity index is 818. The number of hydrogen-bond acceptors (Lipinski definition) is 4. The summed E-state index contributed by atoms with van der Waals surface area (Å²) in [7, 11) is 0. The maximum absolute atomic E-state index is 12.9. The number of amides is 2. The van der Waals surface area contributed by atoms with Crippen LogP contribution in [0.5, 0.6) is 0 Å². The molecule has 0 spiro atoms. The predicted octanol–water partition coefficient (Wildman–Crippen LogP) is 2.06. The number of anilines is 2. The summed E-state index contributed by atoms with van der Waals surface area (Å²) >= 11 is 0. The summed E-state index contributed by atoms with van der Waals surface area (Å²) in [6.07, 6.45) is 0.320. The van der Waals surface area contributed by atoms with Gasteiger partial charge in [-0.2, -0.15) is 0 Å². The summed E-state index contributed by atoms with van der Waals surface area (Å²) in [6.45, 7) is 3.37. The highest BCUT2D eigenvalue weighted by molar-refractivity contribution is 6.01. The number of nitrogens with zero attached hydrogens (tertiary/aromatic N) is 2. The molecule has 6 nitrogen and oxygen atoms in total. The zero-order valence-corrected chi connectivity index (χ0v) is 15.1. The number of carbonyl (C=O) groups excluding carboxylic acids is 2. The fourth-order valence-electron chi connectivity index (χ4n) is 3.67. The van der Waals surface area contributed by atoms with Gasteiger partial charge in [0.25, 0.3) is 5.91 Å². The Balaban J connectivity index is 1.46. The molecular formula is C21H23N3O3. The average molecular weight is 365 g/mol. The molecule has 1 N–H and O–H groups in total. The lowest BCUT2D eigenvalue weighted by Crippen LogP contribution is -2.40. The van der Waals surface area contributed by atoms with Crippen molar-refractivity contribution in [2.24, 2.45) is 0 Å². The van der Waals surface area contributed by atoms with E-state index in [0.717, 1.165) is 24.5 Å². The quantitative estimate of drug-likeness (QED) is 0.901. The molecule has 2 saturated heterocycles. The largest absolute Gasteiger partial charge is 0.378 e. The molecule has 6 heteroatoms. The number of carbonyl (C=O) groups is 2. The van der Waals surface area contributed by atoms with Gasteiger partial charge in [0.05, 0.1) is 24.8 Å². The summed E-state index contributed by atoms with van der Waals surface area (Å²) in [5.74, 6) is -0.0993. The van der Waals surface area contributed by atoms with Crippen molar-refractivity contribution in [2.45, 2.75) is 12.5 Å². The SMILES string of the molecule is O=C(N[C@H]1CC(=O)N(c2ccccc2)C1)c1ccccc1N1CCOCC1. The van der Waals surface area contributed by atoms with Gasteiger partial charge in [-0.05, 0) is 24.3 Å². The molecule has 2 amide bonds. The summed E-state index contributed by atoms with van der Waals surface area (Å²) in [5.41, 5.74) is 2.43. The molecule has 2 aromatic carbocycles. The van der Waals surface area contributed by atoms with Crippen LogP contribution in [0.4, 0.5) is 11.4 Å². The summed E-state index contributed by atoms with van der Waals surface area (Å²) in [4.78, 5) is 29.2. The highest BCUT2D eigenvalue weighted by Gasteiger charge is 2.32. The molecule has 2 heterocycles. The molecule has 0 saturated carbocycles. The number of ether oxygens (including phenoxy) is 1. The number of hydrogen-bond donors (Lipinski definition) is 1. The number of para-hydroxylation sites is 2. The van der Waals surface area contributed by atoms with Gasteiger partial charge in [0.15, 0.2) is 0 Å². The lowest BCUT2D eigenvalue weighted by atomic mass is 10.1. The van der Waals surface area contributed by atoms with E-state index in [1.807, 2.05) is 54.6 Å². The molecule has 0 radical (unpaired) electrons. The van der Waals surface area contributed by atoms with E-state index in [2.05, 4.69) is 10.2 Å². The van der Waals surface area contributed by atoms with Crippen LogP contribution in [0.25, 0.3) is 0 Å². The summed E-state index contributed by atoms with van der Waals surface area (Å²) < 4.78 is 5.41. The molecular weight excluding hydrogens is 342 g/mol. The first kappa shape index (κ1) is 17.5. The topological polar surface area (TPSA) is 61.9 Å². The van der Waals surface area contributed by atoms with E-state index in [1.165, 1.54) is 0 Å². The number of benzene rings is 2. The minimum absolute atomic E-state index is 0.0352. The predicted molar refractivity (Wildman–Crippen MR) is 104 cm³/mol. The minimum atomic E-state index is -0.192. The Kier molecular flexibility index (Phi) is 5.07. The van der Waals surface area contributed by atoms with Crippen LogP contribution in [0.3, 0.4) is 0 Å². The van der Waals surface area contributed by atoms with Crippen molar-refractivity contribution in [1.82, 2.24) is 5.32 Å². The van der Waals surface area contributed by atoms with Gasteiger partial charge >= 0.3 is 0 Å². The van der Waals surface area contributed by atoms with Crippen LogP contribution in [0, 0.1) is 0 Å². The first-order chi connectivity index (χ1) is 13.2. The van der Waals surface area contributed by atoms with Crippen LogP contribution in [-0.4, -0.2) is 50.7 Å². The first-order valence-electron chi connectivity index (χ1n) is 9.30. The van der Waals surface area contributed by atoms with Crippen LogP contribution >= 0.6 is 0 Å². The van der Waals surface area contributed by atoms with Crippen molar-refractivity contribution in [2.75, 3.05) is 42.6 Å². The van der Waals surface area contributed by atoms with Crippen molar-refractivity contribution in [3.05, 3.63) is 60.2 Å². The van der Waals surface area contributed by atoms with E-state index in [1.54, 1.807) is 4.90 Å². The normalized spacial score (nSPS) is 20.0. The molecule has 0 aliphatic carbocycles. The smallest absolute Gasteiger partial charge is 0.253 e. The molecule has 2 aliphatic rings. The highest BCUT2D eigenvalue weighted by Crippen LogP contribution is 2.24. The lowest BCUT2D eigenvalue weighted by molar-refractivity contribution is -0.117. The van der Waals surface area contributed by atoms with Gasteiger partial charge < -0.3 is 19.9 Å². The van der Waals surface area contributed by atoms with Gasteiger partial charge in [-0.1, -0.05) is 30.3 Å². The van der Waals surface area contributed by atoms with Crippen LogP contribution < -0.4 is 15.1 Å². The van der Waals surface area contributed by atoms with Crippen LogP contribution in [0.2, 0.25) is 0 Å². The summed E-state index contributed by atoms with van der Waals surface area (Å²) in [6, 6.07) is 17.0. The van der Waals surface area contributed by atoms with Crippen molar-refractivity contribution < 1.29 is 14.3 Å². The second-order valence-corrected chi connectivity index (χ2v) is 6.83. The fourth-order valence-corrected chi connectivity index (χ4v) is 3.67. The molecule has 2 aromatic rings. The second-order valence-electron chi connectivity index (χ2n) is 6.83. The standard InChI is InChI=1S/C21H23N3O3/c25-20-14-16(15-24(20)17-6-2-1-3-7-17)22-21(26)18-8-4-5-9-19(18)23-10-12-27-13-11-23/h1-9,16H,10-15H2,(H,22,26)/t16-/m0/s1. The molecule has 0 unspecified atom stereocenters. The average Bonchev–Trinajstić information content (AvgIpc) is 3.09. The van der Waals surface area contributed by atoms with Gasteiger partial charge in [0.1, 0.15) is 0 Å². The number of nitrogens with one attached hydrogen (secondary N) is 1. The van der Waals surface area contributed by atoms with E-state index in [0.29, 0.717) is 31.7 Å². The van der Waals surface area contributed by atoms with Gasteiger partial charge in [0.2, 0.25) is 5.91 Å². The Labute approximate surface area is 158 Å².